The van der Waals surface area contributed by atoms with E-state index >= 15 is 0 Å². The van der Waals surface area contributed by atoms with Gasteiger partial charge in [0.2, 0.25) is 0 Å². The highest BCUT2D eigenvalue weighted by atomic mass is 32.1. The Morgan fingerprint density at radius 3 is 2.30 bits per heavy atom. The fraction of sp³-hybridized carbons (Fsp3) is 0.0769. The number of rotatable bonds is 2. The number of imide groups is 1. The third-order valence-corrected chi connectivity index (χ3v) is 3.63. The zero-order valence-corrected chi connectivity index (χ0v) is 11.1. The van der Waals surface area contributed by atoms with E-state index in [1.165, 1.54) is 29.0 Å². The van der Waals surface area contributed by atoms with Crippen molar-refractivity contribution >= 4 is 29.1 Å². The molecule has 0 saturated carbocycles. The van der Waals surface area contributed by atoms with Gasteiger partial charge in [0.15, 0.2) is 5.69 Å². The summed E-state index contributed by atoms with van der Waals surface area (Å²) in [6.45, 7) is 1.70. The maximum atomic E-state index is 12.0. The molecule has 7 heteroatoms. The zero-order valence-electron chi connectivity index (χ0n) is 10.3. The van der Waals surface area contributed by atoms with Gasteiger partial charge in [0.1, 0.15) is 0 Å². The predicted octanol–water partition coefficient (Wildman–Crippen LogP) is 1.82. The van der Waals surface area contributed by atoms with E-state index in [0.717, 1.165) is 0 Å². The first-order valence-electron chi connectivity index (χ1n) is 5.70. The Balaban J connectivity index is 1.87. The second-order valence-corrected chi connectivity index (χ2v) is 5.15. The van der Waals surface area contributed by atoms with Crippen LogP contribution in [0.3, 0.4) is 0 Å². The van der Waals surface area contributed by atoms with E-state index in [1.54, 1.807) is 19.1 Å². The van der Waals surface area contributed by atoms with Crippen molar-refractivity contribution in [1.82, 2.24) is 10.0 Å². The number of benzene rings is 1. The van der Waals surface area contributed by atoms with E-state index in [4.69, 9.17) is 4.84 Å². The van der Waals surface area contributed by atoms with Gasteiger partial charge >= 0.3 is 5.97 Å². The van der Waals surface area contributed by atoms with Gasteiger partial charge in [0, 0.05) is 4.88 Å². The van der Waals surface area contributed by atoms with E-state index in [9.17, 15) is 14.4 Å². The van der Waals surface area contributed by atoms with Gasteiger partial charge in [-0.25, -0.2) is 9.78 Å². The number of aryl methyl sites for hydroxylation is 1. The molecule has 1 aliphatic rings. The number of hydrogen-bond donors (Lipinski definition) is 0. The predicted molar refractivity (Wildman–Crippen MR) is 69.2 cm³/mol. The minimum Gasteiger partial charge on any atom is -0.322 e. The molecular weight excluding hydrogens is 280 g/mol. The van der Waals surface area contributed by atoms with Gasteiger partial charge < -0.3 is 4.84 Å². The molecule has 0 radical (unpaired) electrons. The van der Waals surface area contributed by atoms with Crippen molar-refractivity contribution < 1.29 is 19.2 Å². The summed E-state index contributed by atoms with van der Waals surface area (Å²) in [5.74, 6) is -2.11. The summed E-state index contributed by atoms with van der Waals surface area (Å²) >= 11 is 1.28. The van der Waals surface area contributed by atoms with Gasteiger partial charge in [-0.05, 0) is 19.1 Å². The van der Waals surface area contributed by atoms with Crippen molar-refractivity contribution in [2.45, 2.75) is 6.92 Å². The molecule has 2 aromatic rings. The normalized spacial score (nSPS) is 13.6. The van der Waals surface area contributed by atoms with E-state index in [0.29, 0.717) is 9.94 Å². The molecule has 100 valence electrons. The summed E-state index contributed by atoms with van der Waals surface area (Å²) < 4.78 is 0. The molecular formula is C13H8N2O4S. The van der Waals surface area contributed by atoms with Gasteiger partial charge in [-0.3, -0.25) is 9.59 Å². The number of hydrogen-bond acceptors (Lipinski definition) is 6. The third-order valence-electron chi connectivity index (χ3n) is 2.87. The topological polar surface area (TPSA) is 76.6 Å². The van der Waals surface area contributed by atoms with Crippen LogP contribution < -0.4 is 0 Å². The first-order valence-corrected chi connectivity index (χ1v) is 6.57. The van der Waals surface area contributed by atoms with Gasteiger partial charge in [0.05, 0.1) is 16.6 Å². The van der Waals surface area contributed by atoms with Crippen LogP contribution in [0.4, 0.5) is 0 Å². The highest BCUT2D eigenvalue weighted by molar-refractivity contribution is 7.09. The molecule has 20 heavy (non-hydrogen) atoms. The molecule has 0 N–H and O–H groups in total. The summed E-state index contributed by atoms with van der Waals surface area (Å²) in [6.07, 6.45) is 0. The average molecular weight is 288 g/mol. The number of fused-ring (bicyclic) bond motifs is 1. The molecule has 0 aliphatic carbocycles. The number of amides is 2. The SMILES string of the molecule is Cc1scnc1C(=O)ON1C(=O)c2ccccc2C1=O. The second kappa shape index (κ2) is 4.53. The molecule has 3 rings (SSSR count). The molecule has 0 atom stereocenters. The van der Waals surface area contributed by atoms with Crippen molar-refractivity contribution in [2.24, 2.45) is 0 Å². The minimum atomic E-state index is -0.821. The highest BCUT2D eigenvalue weighted by Crippen LogP contribution is 2.23. The third kappa shape index (κ3) is 1.79. The molecule has 1 aromatic heterocycles. The lowest BCUT2D eigenvalue weighted by atomic mass is 10.1. The first-order chi connectivity index (χ1) is 9.59. The van der Waals surface area contributed by atoms with Crippen LogP contribution in [0.15, 0.2) is 29.8 Å². The highest BCUT2D eigenvalue weighted by Gasteiger charge is 2.39. The Morgan fingerprint density at radius 2 is 1.80 bits per heavy atom. The van der Waals surface area contributed by atoms with Crippen LogP contribution in [0.1, 0.15) is 36.1 Å². The number of carbonyl (C=O) groups excluding carboxylic acids is 3. The largest absolute Gasteiger partial charge is 0.383 e. The Labute approximate surface area is 117 Å². The fourth-order valence-corrected chi connectivity index (χ4v) is 2.44. The lowest BCUT2D eigenvalue weighted by Crippen LogP contribution is -2.32. The summed E-state index contributed by atoms with van der Waals surface area (Å²) in [5.41, 5.74) is 2.04. The van der Waals surface area contributed by atoms with Crippen LogP contribution in [-0.2, 0) is 4.84 Å². The smallest absolute Gasteiger partial charge is 0.322 e. The summed E-state index contributed by atoms with van der Waals surface area (Å²) in [4.78, 5) is 45.3. The van der Waals surface area contributed by atoms with Gasteiger partial charge in [-0.1, -0.05) is 17.2 Å². The van der Waals surface area contributed by atoms with Crippen LogP contribution in [0.25, 0.3) is 0 Å². The number of nitrogens with zero attached hydrogens (tertiary/aromatic N) is 2. The van der Waals surface area contributed by atoms with Crippen molar-refractivity contribution in [3.05, 3.63) is 51.5 Å². The molecule has 6 nitrogen and oxygen atoms in total. The van der Waals surface area contributed by atoms with E-state index < -0.39 is 17.8 Å². The van der Waals surface area contributed by atoms with Gasteiger partial charge in [0.25, 0.3) is 11.8 Å². The Kier molecular flexibility index (Phi) is 2.83. The van der Waals surface area contributed by atoms with Crippen LogP contribution >= 0.6 is 11.3 Å². The maximum Gasteiger partial charge on any atom is 0.383 e. The molecule has 0 saturated heterocycles. The lowest BCUT2D eigenvalue weighted by molar-refractivity contribution is -0.0588. The van der Waals surface area contributed by atoms with Crippen molar-refractivity contribution in [3.8, 4) is 0 Å². The molecule has 0 fully saturated rings. The van der Waals surface area contributed by atoms with E-state index in [-0.39, 0.29) is 16.8 Å². The van der Waals surface area contributed by atoms with Crippen LogP contribution in [0.2, 0.25) is 0 Å². The lowest BCUT2D eigenvalue weighted by Gasteiger charge is -2.11. The summed E-state index contributed by atoms with van der Waals surface area (Å²) in [7, 11) is 0. The monoisotopic (exact) mass is 288 g/mol. The van der Waals surface area contributed by atoms with Crippen molar-refractivity contribution in [3.63, 3.8) is 0 Å². The van der Waals surface area contributed by atoms with E-state index in [2.05, 4.69) is 4.98 Å². The van der Waals surface area contributed by atoms with Crippen molar-refractivity contribution in [1.29, 1.82) is 0 Å². The van der Waals surface area contributed by atoms with Crippen LogP contribution in [-0.4, -0.2) is 27.8 Å². The van der Waals surface area contributed by atoms with Crippen LogP contribution in [0.5, 0.6) is 0 Å². The Morgan fingerprint density at radius 1 is 1.20 bits per heavy atom. The van der Waals surface area contributed by atoms with Gasteiger partial charge in [-0.2, -0.15) is 0 Å². The number of aromatic nitrogens is 1. The summed E-state index contributed by atoms with van der Waals surface area (Å²) in [6, 6.07) is 6.30. The molecule has 1 aliphatic heterocycles. The molecule has 0 unspecified atom stereocenters. The standard InChI is InChI=1S/C13H8N2O4S/c1-7-10(14-6-20-7)13(18)19-15-11(16)8-4-2-3-5-9(8)12(15)17/h2-6H,1H3. The Bertz CT molecular complexity index is 702. The number of carbonyl (C=O) groups is 3. The maximum absolute atomic E-state index is 12.0. The molecule has 1 aromatic carbocycles. The Hall–Kier alpha value is -2.54. The van der Waals surface area contributed by atoms with Crippen LogP contribution in [0, 0.1) is 6.92 Å². The molecule has 2 heterocycles. The number of thiazole rings is 1. The average Bonchev–Trinajstić information content (AvgIpc) is 2.97. The van der Waals surface area contributed by atoms with Crippen molar-refractivity contribution in [2.75, 3.05) is 0 Å². The quantitative estimate of drug-likeness (QED) is 0.788. The van der Waals surface area contributed by atoms with Gasteiger partial charge in [-0.15, -0.1) is 11.3 Å². The van der Waals surface area contributed by atoms with E-state index in [1.807, 2.05) is 0 Å². The number of hydroxylamine groups is 2. The zero-order chi connectivity index (χ0) is 14.3. The molecule has 0 spiro atoms. The fourth-order valence-electron chi connectivity index (χ4n) is 1.88. The second-order valence-electron chi connectivity index (χ2n) is 4.09. The molecule has 0 bridgehead atoms. The minimum absolute atomic E-state index is 0.103. The molecule has 2 amide bonds. The first kappa shape index (κ1) is 12.5. The summed E-state index contributed by atoms with van der Waals surface area (Å²) in [5, 5.41) is 0.478.